The predicted molar refractivity (Wildman–Crippen MR) is 64.1 cm³/mol. The van der Waals surface area contributed by atoms with Crippen LogP contribution in [0.25, 0.3) is 0 Å². The van der Waals surface area contributed by atoms with Crippen molar-refractivity contribution in [3.05, 3.63) is 20.8 Å². The molecule has 1 aliphatic heterocycles. The highest BCUT2D eigenvalue weighted by Gasteiger charge is 2.23. The van der Waals surface area contributed by atoms with Crippen molar-refractivity contribution in [1.29, 1.82) is 0 Å². The standard InChI is InChI=1S/C10H10INO3/c1-14-10(13)6-4-7(11)9-5(8(6)12)2-3-15-9/h4H,2-3,12H2,1H3. The maximum absolute atomic E-state index is 11.4. The van der Waals surface area contributed by atoms with E-state index in [2.05, 4.69) is 27.3 Å². The number of benzene rings is 1. The molecule has 1 aromatic carbocycles. The van der Waals surface area contributed by atoms with Gasteiger partial charge in [0.05, 0.1) is 28.5 Å². The van der Waals surface area contributed by atoms with Gasteiger partial charge in [-0.15, -0.1) is 0 Å². The summed E-state index contributed by atoms with van der Waals surface area (Å²) in [6.07, 6.45) is 0.752. The maximum Gasteiger partial charge on any atom is 0.340 e. The van der Waals surface area contributed by atoms with Crippen molar-refractivity contribution in [2.45, 2.75) is 6.42 Å². The molecule has 15 heavy (non-hydrogen) atoms. The normalized spacial score (nSPS) is 13.2. The number of fused-ring (bicyclic) bond motifs is 1. The van der Waals surface area contributed by atoms with Crippen LogP contribution in [0.1, 0.15) is 15.9 Å². The number of anilines is 1. The second-order valence-corrected chi connectivity index (χ2v) is 4.38. The third kappa shape index (κ3) is 1.64. The van der Waals surface area contributed by atoms with Crippen LogP contribution in [0.2, 0.25) is 0 Å². The van der Waals surface area contributed by atoms with E-state index in [1.807, 2.05) is 0 Å². The minimum Gasteiger partial charge on any atom is -0.492 e. The zero-order chi connectivity index (χ0) is 11.0. The minimum atomic E-state index is -0.403. The molecule has 0 aromatic heterocycles. The van der Waals surface area contributed by atoms with Gasteiger partial charge in [-0.3, -0.25) is 0 Å². The lowest BCUT2D eigenvalue weighted by atomic mass is 10.1. The van der Waals surface area contributed by atoms with Crippen LogP contribution < -0.4 is 10.5 Å². The van der Waals surface area contributed by atoms with E-state index in [4.69, 9.17) is 10.5 Å². The van der Waals surface area contributed by atoms with Crippen LogP contribution in [0.5, 0.6) is 5.75 Å². The molecule has 1 aliphatic rings. The van der Waals surface area contributed by atoms with Crippen LogP contribution in [0.15, 0.2) is 6.07 Å². The van der Waals surface area contributed by atoms with Crippen LogP contribution in [0.3, 0.4) is 0 Å². The molecule has 0 unspecified atom stereocenters. The molecule has 0 bridgehead atoms. The number of esters is 1. The summed E-state index contributed by atoms with van der Waals surface area (Å²) in [7, 11) is 1.35. The summed E-state index contributed by atoms with van der Waals surface area (Å²) in [6, 6.07) is 1.70. The molecule has 0 atom stereocenters. The summed E-state index contributed by atoms with van der Waals surface area (Å²) >= 11 is 2.13. The van der Waals surface area contributed by atoms with Gasteiger partial charge in [0, 0.05) is 12.0 Å². The van der Waals surface area contributed by atoms with Gasteiger partial charge in [-0.05, 0) is 28.7 Å². The first-order chi connectivity index (χ1) is 7.15. The molecular formula is C10H10INO3. The van der Waals surface area contributed by atoms with E-state index in [0.717, 1.165) is 21.3 Å². The Labute approximate surface area is 101 Å². The highest BCUT2D eigenvalue weighted by atomic mass is 127. The van der Waals surface area contributed by atoms with E-state index in [9.17, 15) is 4.79 Å². The summed E-state index contributed by atoms with van der Waals surface area (Å²) < 4.78 is 11.0. The highest BCUT2D eigenvalue weighted by molar-refractivity contribution is 14.1. The summed E-state index contributed by atoms with van der Waals surface area (Å²) in [4.78, 5) is 11.4. The summed E-state index contributed by atoms with van der Waals surface area (Å²) in [5.41, 5.74) is 7.72. The molecule has 0 radical (unpaired) electrons. The predicted octanol–water partition coefficient (Wildman–Crippen LogP) is 1.59. The lowest BCUT2D eigenvalue weighted by Gasteiger charge is -2.09. The van der Waals surface area contributed by atoms with E-state index in [1.165, 1.54) is 7.11 Å². The SMILES string of the molecule is COC(=O)c1cc(I)c2c(c1N)CCO2. The quantitative estimate of drug-likeness (QED) is 0.485. The molecule has 80 valence electrons. The molecule has 1 aromatic rings. The van der Waals surface area contributed by atoms with Crippen molar-refractivity contribution in [2.24, 2.45) is 0 Å². The first-order valence-electron chi connectivity index (χ1n) is 4.47. The molecule has 0 aliphatic carbocycles. The minimum absolute atomic E-state index is 0.403. The van der Waals surface area contributed by atoms with E-state index >= 15 is 0 Å². The van der Waals surface area contributed by atoms with Gasteiger partial charge in [-0.1, -0.05) is 0 Å². The van der Waals surface area contributed by atoms with E-state index in [-0.39, 0.29) is 0 Å². The lowest BCUT2D eigenvalue weighted by Crippen LogP contribution is -2.08. The Bertz CT molecular complexity index is 431. The first-order valence-corrected chi connectivity index (χ1v) is 5.55. The van der Waals surface area contributed by atoms with Crippen molar-refractivity contribution < 1.29 is 14.3 Å². The van der Waals surface area contributed by atoms with E-state index < -0.39 is 5.97 Å². The summed E-state index contributed by atoms with van der Waals surface area (Å²) in [6.45, 7) is 0.625. The average molecular weight is 319 g/mol. The van der Waals surface area contributed by atoms with Crippen molar-refractivity contribution in [2.75, 3.05) is 19.5 Å². The van der Waals surface area contributed by atoms with Gasteiger partial charge in [0.25, 0.3) is 0 Å². The Kier molecular flexibility index (Phi) is 2.72. The number of hydrogen-bond acceptors (Lipinski definition) is 4. The average Bonchev–Trinajstić information content (AvgIpc) is 2.71. The Hall–Kier alpha value is -0.980. The largest absolute Gasteiger partial charge is 0.492 e. The molecule has 0 amide bonds. The second kappa shape index (κ2) is 3.88. The molecule has 4 nitrogen and oxygen atoms in total. The molecule has 0 saturated heterocycles. The van der Waals surface area contributed by atoms with Gasteiger partial charge < -0.3 is 15.2 Å². The van der Waals surface area contributed by atoms with Crippen LogP contribution >= 0.6 is 22.6 Å². The van der Waals surface area contributed by atoms with Gasteiger partial charge in [-0.2, -0.15) is 0 Å². The Balaban J connectivity index is 2.59. The van der Waals surface area contributed by atoms with Gasteiger partial charge in [-0.25, -0.2) is 4.79 Å². The summed E-state index contributed by atoms with van der Waals surface area (Å²) in [5, 5.41) is 0. The molecule has 0 saturated carbocycles. The third-order valence-electron chi connectivity index (χ3n) is 2.38. The first kappa shape index (κ1) is 10.5. The smallest absolute Gasteiger partial charge is 0.340 e. The molecule has 0 fully saturated rings. The number of rotatable bonds is 1. The summed E-state index contributed by atoms with van der Waals surface area (Å²) in [5.74, 6) is 0.404. The van der Waals surface area contributed by atoms with Gasteiger partial charge in [0.2, 0.25) is 0 Å². The fourth-order valence-electron chi connectivity index (χ4n) is 1.64. The lowest BCUT2D eigenvalue weighted by molar-refractivity contribution is 0.0602. The number of halogens is 1. The fraction of sp³-hybridized carbons (Fsp3) is 0.300. The zero-order valence-electron chi connectivity index (χ0n) is 8.17. The van der Waals surface area contributed by atoms with Crippen molar-refractivity contribution >= 4 is 34.2 Å². The number of methoxy groups -OCH3 is 1. The van der Waals surface area contributed by atoms with Crippen molar-refractivity contribution in [1.82, 2.24) is 0 Å². The van der Waals surface area contributed by atoms with Gasteiger partial charge in [0.1, 0.15) is 5.75 Å². The number of carbonyl (C=O) groups is 1. The topological polar surface area (TPSA) is 61.5 Å². The highest BCUT2D eigenvalue weighted by Crippen LogP contribution is 2.37. The molecule has 2 rings (SSSR count). The van der Waals surface area contributed by atoms with E-state index in [0.29, 0.717) is 17.9 Å². The molecule has 2 N–H and O–H groups in total. The van der Waals surface area contributed by atoms with Gasteiger partial charge >= 0.3 is 5.97 Å². The van der Waals surface area contributed by atoms with Crippen LogP contribution in [-0.4, -0.2) is 19.7 Å². The van der Waals surface area contributed by atoms with Crippen LogP contribution in [0.4, 0.5) is 5.69 Å². The Morgan fingerprint density at radius 1 is 1.67 bits per heavy atom. The van der Waals surface area contributed by atoms with Crippen molar-refractivity contribution in [3.8, 4) is 5.75 Å². The second-order valence-electron chi connectivity index (χ2n) is 3.22. The monoisotopic (exact) mass is 319 g/mol. The molecule has 5 heteroatoms. The molecular weight excluding hydrogens is 309 g/mol. The maximum atomic E-state index is 11.4. The van der Waals surface area contributed by atoms with Crippen LogP contribution in [-0.2, 0) is 11.2 Å². The third-order valence-corrected chi connectivity index (χ3v) is 3.18. The zero-order valence-corrected chi connectivity index (χ0v) is 10.3. The van der Waals surface area contributed by atoms with Crippen molar-refractivity contribution in [3.63, 3.8) is 0 Å². The number of nitrogen functional groups attached to an aromatic ring is 1. The fourth-order valence-corrected chi connectivity index (χ4v) is 2.43. The number of hydrogen-bond donors (Lipinski definition) is 1. The Morgan fingerprint density at radius 2 is 2.40 bits per heavy atom. The Morgan fingerprint density at radius 3 is 3.07 bits per heavy atom. The van der Waals surface area contributed by atoms with Gasteiger partial charge in [0.15, 0.2) is 0 Å². The van der Waals surface area contributed by atoms with Crippen LogP contribution in [0, 0.1) is 3.57 Å². The number of carbonyl (C=O) groups excluding carboxylic acids is 1. The number of nitrogens with two attached hydrogens (primary N) is 1. The van der Waals surface area contributed by atoms with E-state index in [1.54, 1.807) is 6.07 Å². The molecule has 0 spiro atoms. The number of ether oxygens (including phenoxy) is 2. The molecule has 1 heterocycles.